The van der Waals surface area contributed by atoms with Gasteiger partial charge in [-0.2, -0.15) is 0 Å². The summed E-state index contributed by atoms with van der Waals surface area (Å²) in [5, 5.41) is 1.76. The summed E-state index contributed by atoms with van der Waals surface area (Å²) in [6, 6.07) is 7.95. The van der Waals surface area contributed by atoms with E-state index in [0.29, 0.717) is 6.73 Å². The lowest BCUT2D eigenvalue weighted by molar-refractivity contribution is 0.138. The molecule has 0 radical (unpaired) electrons. The molecule has 0 spiro atoms. The summed E-state index contributed by atoms with van der Waals surface area (Å²) >= 11 is 0. The quantitative estimate of drug-likeness (QED) is 0.706. The van der Waals surface area contributed by atoms with E-state index in [1.165, 1.54) is 0 Å². The second-order valence-corrected chi connectivity index (χ2v) is 4.81. The maximum Gasteiger partial charge on any atom is 0.260 e. The van der Waals surface area contributed by atoms with E-state index >= 15 is 0 Å². The monoisotopic (exact) mass is 256 g/mol. The zero-order valence-corrected chi connectivity index (χ0v) is 11.3. The third-order valence-corrected chi connectivity index (χ3v) is 3.52. The average Bonchev–Trinajstić information content (AvgIpc) is 2.72. The number of aryl methyl sites for hydroxylation is 2. The third-order valence-electron chi connectivity index (χ3n) is 3.52. The van der Waals surface area contributed by atoms with Gasteiger partial charge in [-0.3, -0.25) is 4.79 Å². The number of hydrogen-bond acceptors (Lipinski definition) is 2. The maximum absolute atomic E-state index is 12.4. The first-order valence-electron chi connectivity index (χ1n) is 6.21. The molecular weight excluding hydrogens is 240 g/mol. The lowest BCUT2D eigenvalue weighted by Gasteiger charge is -2.08. The Morgan fingerprint density at radius 1 is 1.26 bits per heavy atom. The molecule has 0 N–H and O–H groups in total. The van der Waals surface area contributed by atoms with Gasteiger partial charge in [0.25, 0.3) is 5.56 Å². The van der Waals surface area contributed by atoms with Crippen LogP contribution >= 0.6 is 0 Å². The van der Waals surface area contributed by atoms with Crippen molar-refractivity contribution in [2.45, 2.75) is 13.7 Å². The van der Waals surface area contributed by atoms with Gasteiger partial charge in [-0.25, -0.2) is 0 Å². The fourth-order valence-electron chi connectivity index (χ4n) is 2.78. The van der Waals surface area contributed by atoms with Crippen LogP contribution in [0.25, 0.3) is 21.8 Å². The number of rotatable bonds is 2. The molecule has 0 amide bonds. The van der Waals surface area contributed by atoms with Crippen LogP contribution in [0.3, 0.4) is 0 Å². The Morgan fingerprint density at radius 2 is 2.00 bits per heavy atom. The molecule has 0 atom stereocenters. The molecule has 1 aromatic carbocycles. The van der Waals surface area contributed by atoms with Crippen LogP contribution in [-0.4, -0.2) is 16.2 Å². The molecule has 4 heteroatoms. The van der Waals surface area contributed by atoms with Crippen LogP contribution in [0, 0.1) is 6.92 Å². The number of pyridine rings is 1. The van der Waals surface area contributed by atoms with E-state index in [4.69, 9.17) is 4.74 Å². The van der Waals surface area contributed by atoms with Gasteiger partial charge in [0.05, 0.1) is 16.4 Å². The third kappa shape index (κ3) is 1.60. The van der Waals surface area contributed by atoms with Crippen LogP contribution < -0.4 is 5.56 Å². The number of fused-ring (bicyclic) bond motifs is 3. The molecule has 0 saturated carbocycles. The Labute approximate surface area is 110 Å². The van der Waals surface area contributed by atoms with Gasteiger partial charge in [0, 0.05) is 25.7 Å². The molecular formula is C15H16N2O2. The minimum absolute atomic E-state index is 0.0339. The highest BCUT2D eigenvalue weighted by Crippen LogP contribution is 2.28. The second-order valence-electron chi connectivity index (χ2n) is 4.81. The van der Waals surface area contributed by atoms with Crippen molar-refractivity contribution in [2.75, 3.05) is 7.11 Å². The van der Waals surface area contributed by atoms with Gasteiger partial charge in [0.15, 0.2) is 0 Å². The van der Waals surface area contributed by atoms with E-state index in [9.17, 15) is 4.79 Å². The number of aromatic nitrogens is 2. The van der Waals surface area contributed by atoms with Crippen molar-refractivity contribution < 1.29 is 4.74 Å². The predicted octanol–water partition coefficient (Wildman–Crippen LogP) is 2.41. The van der Waals surface area contributed by atoms with E-state index in [2.05, 4.69) is 4.57 Å². The zero-order valence-electron chi connectivity index (χ0n) is 11.3. The summed E-state index contributed by atoms with van der Waals surface area (Å²) in [6.07, 6.45) is 1.87. The molecule has 0 bridgehead atoms. The summed E-state index contributed by atoms with van der Waals surface area (Å²) in [6.45, 7) is 2.46. The summed E-state index contributed by atoms with van der Waals surface area (Å²) in [4.78, 5) is 12.4. The number of methoxy groups -OCH3 is 1. The van der Waals surface area contributed by atoms with Gasteiger partial charge in [0.1, 0.15) is 6.73 Å². The number of nitrogens with zero attached hydrogens (tertiary/aromatic N) is 2. The molecule has 19 heavy (non-hydrogen) atoms. The van der Waals surface area contributed by atoms with E-state index in [-0.39, 0.29) is 5.56 Å². The highest BCUT2D eigenvalue weighted by molar-refractivity contribution is 6.08. The van der Waals surface area contributed by atoms with E-state index in [0.717, 1.165) is 27.4 Å². The number of hydrogen-bond donors (Lipinski definition) is 0. The Balaban J connectivity index is 2.64. The van der Waals surface area contributed by atoms with Crippen molar-refractivity contribution >= 4 is 21.8 Å². The lowest BCUT2D eigenvalue weighted by atomic mass is 10.1. The number of ether oxygens (including phenoxy) is 1. The minimum atomic E-state index is 0.0339. The summed E-state index contributed by atoms with van der Waals surface area (Å²) in [5.41, 5.74) is 3.11. The Morgan fingerprint density at radius 3 is 2.74 bits per heavy atom. The zero-order chi connectivity index (χ0) is 13.6. The first-order valence-corrected chi connectivity index (χ1v) is 6.21. The molecule has 2 heterocycles. The van der Waals surface area contributed by atoms with Crippen molar-refractivity contribution in [3.05, 3.63) is 46.4 Å². The van der Waals surface area contributed by atoms with Crippen LogP contribution in [0.1, 0.15) is 5.56 Å². The van der Waals surface area contributed by atoms with E-state index in [1.54, 1.807) is 18.7 Å². The summed E-state index contributed by atoms with van der Waals surface area (Å²) in [7, 11) is 3.45. The van der Waals surface area contributed by atoms with Crippen LogP contribution in [0.15, 0.2) is 35.3 Å². The van der Waals surface area contributed by atoms with Gasteiger partial charge in [-0.15, -0.1) is 0 Å². The molecule has 0 aliphatic heterocycles. The van der Waals surface area contributed by atoms with E-state index < -0.39 is 0 Å². The van der Waals surface area contributed by atoms with Gasteiger partial charge in [0.2, 0.25) is 0 Å². The molecule has 0 aliphatic carbocycles. The van der Waals surface area contributed by atoms with Gasteiger partial charge in [-0.05, 0) is 18.6 Å². The van der Waals surface area contributed by atoms with Crippen LogP contribution in [0.2, 0.25) is 0 Å². The van der Waals surface area contributed by atoms with Crippen molar-refractivity contribution in [2.24, 2.45) is 7.05 Å². The highest BCUT2D eigenvalue weighted by Gasteiger charge is 2.15. The molecule has 0 unspecified atom stereocenters. The van der Waals surface area contributed by atoms with Crippen LogP contribution in [-0.2, 0) is 18.5 Å². The largest absolute Gasteiger partial charge is 0.364 e. The Hall–Kier alpha value is -2.07. The average molecular weight is 256 g/mol. The minimum Gasteiger partial charge on any atom is -0.364 e. The second kappa shape index (κ2) is 4.24. The predicted molar refractivity (Wildman–Crippen MR) is 76.4 cm³/mol. The van der Waals surface area contributed by atoms with Gasteiger partial charge in [-0.1, -0.05) is 18.2 Å². The molecule has 4 nitrogen and oxygen atoms in total. The molecule has 0 aliphatic rings. The molecule has 2 aromatic heterocycles. The van der Waals surface area contributed by atoms with E-state index in [1.807, 2.05) is 37.4 Å². The Kier molecular flexibility index (Phi) is 2.68. The fourth-order valence-corrected chi connectivity index (χ4v) is 2.78. The van der Waals surface area contributed by atoms with Crippen LogP contribution in [0.4, 0.5) is 0 Å². The maximum atomic E-state index is 12.4. The molecule has 3 rings (SSSR count). The lowest BCUT2D eigenvalue weighted by Crippen LogP contribution is -2.17. The summed E-state index contributed by atoms with van der Waals surface area (Å²) < 4.78 is 8.98. The van der Waals surface area contributed by atoms with Gasteiger partial charge < -0.3 is 13.9 Å². The van der Waals surface area contributed by atoms with Crippen molar-refractivity contribution in [3.8, 4) is 0 Å². The smallest absolute Gasteiger partial charge is 0.260 e. The highest BCUT2D eigenvalue weighted by atomic mass is 16.5. The summed E-state index contributed by atoms with van der Waals surface area (Å²) in [5.74, 6) is 0. The standard InChI is InChI=1S/C15H16N2O2/c1-10-8-16(2)15(18)13-11-6-4-5-7-12(11)17(9-19-3)14(10)13/h4-8H,9H2,1-3H3. The molecule has 0 saturated heterocycles. The fraction of sp³-hybridized carbons (Fsp3) is 0.267. The van der Waals surface area contributed by atoms with Crippen molar-refractivity contribution in [1.82, 2.24) is 9.13 Å². The number of para-hydroxylation sites is 1. The first-order chi connectivity index (χ1) is 9.15. The van der Waals surface area contributed by atoms with Crippen molar-refractivity contribution in [1.29, 1.82) is 0 Å². The normalized spacial score (nSPS) is 11.5. The topological polar surface area (TPSA) is 36.2 Å². The Bertz CT molecular complexity index is 827. The SMILES string of the molecule is COCn1c2ccccc2c2c(=O)n(C)cc(C)c21. The first kappa shape index (κ1) is 12.0. The molecule has 98 valence electrons. The van der Waals surface area contributed by atoms with Gasteiger partial charge >= 0.3 is 0 Å². The molecule has 3 aromatic rings. The van der Waals surface area contributed by atoms with Crippen molar-refractivity contribution in [3.63, 3.8) is 0 Å². The molecule has 0 fully saturated rings. The van der Waals surface area contributed by atoms with Crippen LogP contribution in [0.5, 0.6) is 0 Å². The number of benzene rings is 1.